The molecule has 0 amide bonds. The smallest absolute Gasteiger partial charge is 0.269 e. The van der Waals surface area contributed by atoms with Gasteiger partial charge in [-0.1, -0.05) is 24.6 Å². The maximum Gasteiger partial charge on any atom is 0.269 e. The van der Waals surface area contributed by atoms with Crippen LogP contribution in [0.3, 0.4) is 0 Å². The lowest BCUT2D eigenvalue weighted by Crippen LogP contribution is -2.23. The van der Waals surface area contributed by atoms with E-state index >= 15 is 0 Å². The lowest BCUT2D eigenvalue weighted by molar-refractivity contribution is 0.155. The Kier molecular flexibility index (Phi) is 6.38. The number of likely N-dealkylation sites (N-methyl/N-ethyl adjacent to an activating group) is 1. The molecule has 2 heterocycles. The van der Waals surface area contributed by atoms with Gasteiger partial charge in [0.15, 0.2) is 0 Å². The van der Waals surface area contributed by atoms with Crippen molar-refractivity contribution in [1.29, 1.82) is 0 Å². The molecule has 0 unspecified atom stereocenters. The van der Waals surface area contributed by atoms with Crippen molar-refractivity contribution in [3.05, 3.63) is 64.8 Å². The first-order valence-electron chi connectivity index (χ1n) is 11.6. The first kappa shape index (κ1) is 22.7. The highest BCUT2D eigenvalue weighted by molar-refractivity contribution is 9.10. The third kappa shape index (κ3) is 4.51. The molecule has 33 heavy (non-hydrogen) atoms. The van der Waals surface area contributed by atoms with Crippen molar-refractivity contribution < 1.29 is 13.2 Å². The van der Waals surface area contributed by atoms with Crippen molar-refractivity contribution >= 4 is 42.4 Å². The standard InChI is InChI=1S/C26H29BrN2O3S/c1-28-15-13-19(14-16-28)23-18-29(33(30,31)26-10-6-5-9-24(26)27)25-12-11-21(17-22(23)25)32-20-7-3-2-4-8-20/h5-6,9-13,17-18,20H,2-4,7-8,14-16H2,1H3. The highest BCUT2D eigenvalue weighted by atomic mass is 79.9. The largest absolute Gasteiger partial charge is 0.490 e. The minimum absolute atomic E-state index is 0.244. The van der Waals surface area contributed by atoms with Crippen LogP contribution in [0.4, 0.5) is 0 Å². The number of hydrogen-bond donors (Lipinski definition) is 0. The summed E-state index contributed by atoms with van der Waals surface area (Å²) in [5, 5.41) is 0.926. The van der Waals surface area contributed by atoms with Crippen LogP contribution in [-0.2, 0) is 10.0 Å². The van der Waals surface area contributed by atoms with Gasteiger partial charge in [0.05, 0.1) is 11.6 Å². The van der Waals surface area contributed by atoms with Crippen LogP contribution in [-0.4, -0.2) is 43.5 Å². The van der Waals surface area contributed by atoms with Gasteiger partial charge in [-0.05, 0) is 91.0 Å². The fraction of sp³-hybridized carbons (Fsp3) is 0.385. The first-order chi connectivity index (χ1) is 15.9. The predicted molar refractivity (Wildman–Crippen MR) is 136 cm³/mol. The van der Waals surface area contributed by atoms with E-state index in [1.54, 1.807) is 24.4 Å². The van der Waals surface area contributed by atoms with Crippen LogP contribution < -0.4 is 4.74 Å². The summed E-state index contributed by atoms with van der Waals surface area (Å²) in [5.74, 6) is 0.820. The monoisotopic (exact) mass is 528 g/mol. The molecule has 5 nitrogen and oxygen atoms in total. The van der Waals surface area contributed by atoms with Crippen LogP contribution in [0, 0.1) is 0 Å². The van der Waals surface area contributed by atoms with Gasteiger partial charge >= 0.3 is 0 Å². The summed E-state index contributed by atoms with van der Waals surface area (Å²) >= 11 is 3.42. The van der Waals surface area contributed by atoms with E-state index in [4.69, 9.17) is 4.74 Å². The molecule has 2 aliphatic rings. The zero-order valence-electron chi connectivity index (χ0n) is 18.8. The van der Waals surface area contributed by atoms with Gasteiger partial charge in [-0.3, -0.25) is 0 Å². The Balaban J connectivity index is 1.63. The molecular weight excluding hydrogens is 500 g/mol. The Morgan fingerprint density at radius 1 is 1.06 bits per heavy atom. The third-order valence-corrected chi connectivity index (χ3v) is 9.41. The van der Waals surface area contributed by atoms with Gasteiger partial charge in [-0.2, -0.15) is 0 Å². The second-order valence-electron chi connectivity index (χ2n) is 9.07. The number of aromatic nitrogens is 1. The molecule has 0 bridgehead atoms. The van der Waals surface area contributed by atoms with Crippen molar-refractivity contribution in [2.75, 3.05) is 20.1 Å². The van der Waals surface area contributed by atoms with Gasteiger partial charge in [0.2, 0.25) is 0 Å². The molecule has 3 aromatic rings. The Labute approximate surface area is 204 Å². The highest BCUT2D eigenvalue weighted by Crippen LogP contribution is 2.36. The second kappa shape index (κ2) is 9.28. The van der Waals surface area contributed by atoms with E-state index in [0.29, 0.717) is 9.99 Å². The number of ether oxygens (including phenoxy) is 1. The normalized spacial score (nSPS) is 18.4. The number of fused-ring (bicyclic) bond motifs is 1. The molecule has 1 aromatic heterocycles. The van der Waals surface area contributed by atoms with E-state index in [9.17, 15) is 8.42 Å². The van der Waals surface area contributed by atoms with Gasteiger partial charge in [-0.25, -0.2) is 12.4 Å². The van der Waals surface area contributed by atoms with E-state index in [1.807, 2.05) is 24.3 Å². The lowest BCUT2D eigenvalue weighted by atomic mass is 9.97. The van der Waals surface area contributed by atoms with Crippen LogP contribution in [0.1, 0.15) is 44.1 Å². The maximum absolute atomic E-state index is 13.7. The van der Waals surface area contributed by atoms with Crippen LogP contribution in [0.5, 0.6) is 5.75 Å². The van der Waals surface area contributed by atoms with Gasteiger partial charge in [0, 0.05) is 34.7 Å². The number of halogens is 1. The summed E-state index contributed by atoms with van der Waals surface area (Å²) in [6, 6.07) is 12.8. The molecular formula is C26H29BrN2O3S. The fourth-order valence-corrected chi connectivity index (χ4v) is 7.20. The molecule has 0 spiro atoms. The summed E-state index contributed by atoms with van der Waals surface area (Å²) in [4.78, 5) is 2.52. The van der Waals surface area contributed by atoms with E-state index in [1.165, 1.54) is 28.8 Å². The van der Waals surface area contributed by atoms with E-state index in [-0.39, 0.29) is 11.0 Å². The van der Waals surface area contributed by atoms with Gasteiger partial charge in [0.1, 0.15) is 10.6 Å². The molecule has 0 saturated heterocycles. The van der Waals surface area contributed by atoms with Crippen molar-refractivity contribution in [3.63, 3.8) is 0 Å². The number of rotatable bonds is 5. The summed E-state index contributed by atoms with van der Waals surface area (Å²) in [5.41, 5.74) is 2.84. The summed E-state index contributed by atoms with van der Waals surface area (Å²) in [6.45, 7) is 1.81. The molecule has 0 radical (unpaired) electrons. The maximum atomic E-state index is 13.7. The van der Waals surface area contributed by atoms with Gasteiger partial charge in [0.25, 0.3) is 10.0 Å². The topological polar surface area (TPSA) is 51.5 Å². The van der Waals surface area contributed by atoms with Gasteiger partial charge < -0.3 is 9.64 Å². The first-order valence-corrected chi connectivity index (χ1v) is 13.9. The van der Waals surface area contributed by atoms with Gasteiger partial charge in [-0.15, -0.1) is 0 Å². The molecule has 174 valence electrons. The minimum atomic E-state index is -3.77. The van der Waals surface area contributed by atoms with Crippen LogP contribution >= 0.6 is 15.9 Å². The Morgan fingerprint density at radius 3 is 2.58 bits per heavy atom. The van der Waals surface area contributed by atoms with Crippen molar-refractivity contribution in [3.8, 4) is 5.75 Å². The Morgan fingerprint density at radius 2 is 1.85 bits per heavy atom. The molecule has 1 aliphatic heterocycles. The summed E-state index contributed by atoms with van der Waals surface area (Å²) in [7, 11) is -1.67. The average molecular weight is 530 g/mol. The average Bonchev–Trinajstić information content (AvgIpc) is 3.20. The fourth-order valence-electron chi connectivity index (χ4n) is 4.86. The molecule has 7 heteroatoms. The van der Waals surface area contributed by atoms with Crippen LogP contribution in [0.25, 0.3) is 16.5 Å². The zero-order chi connectivity index (χ0) is 23.0. The Hall–Kier alpha value is -2.09. The zero-order valence-corrected chi connectivity index (χ0v) is 21.2. The Bertz CT molecular complexity index is 1310. The van der Waals surface area contributed by atoms with Crippen LogP contribution in [0.15, 0.2) is 64.1 Å². The SMILES string of the molecule is CN1CC=C(c2cn(S(=O)(=O)c3ccccc3Br)c3ccc(OC4CCCCC4)cc23)CC1. The number of benzene rings is 2. The molecule has 0 N–H and O–H groups in total. The number of hydrogen-bond acceptors (Lipinski definition) is 4. The molecule has 0 atom stereocenters. The molecule has 1 saturated carbocycles. The highest BCUT2D eigenvalue weighted by Gasteiger charge is 2.25. The summed E-state index contributed by atoms with van der Waals surface area (Å²) < 4.78 is 35.7. The molecule has 1 fully saturated rings. The quantitative estimate of drug-likeness (QED) is 0.403. The van der Waals surface area contributed by atoms with E-state index in [0.717, 1.165) is 49.1 Å². The van der Waals surface area contributed by atoms with E-state index in [2.05, 4.69) is 34.0 Å². The summed E-state index contributed by atoms with van der Waals surface area (Å²) in [6.07, 6.45) is 11.0. The molecule has 5 rings (SSSR count). The van der Waals surface area contributed by atoms with Crippen molar-refractivity contribution in [2.45, 2.75) is 49.5 Å². The van der Waals surface area contributed by atoms with Crippen molar-refractivity contribution in [2.24, 2.45) is 0 Å². The predicted octanol–water partition coefficient (Wildman–Crippen LogP) is 6.07. The third-order valence-electron chi connectivity index (χ3n) is 6.73. The molecule has 1 aliphatic carbocycles. The second-order valence-corrected chi connectivity index (χ2v) is 11.7. The minimum Gasteiger partial charge on any atom is -0.490 e. The van der Waals surface area contributed by atoms with Crippen LogP contribution in [0.2, 0.25) is 0 Å². The van der Waals surface area contributed by atoms with Crippen molar-refractivity contribution in [1.82, 2.24) is 8.87 Å². The lowest BCUT2D eigenvalue weighted by Gasteiger charge is -2.23. The molecule has 2 aromatic carbocycles. The number of nitrogens with zero attached hydrogens (tertiary/aromatic N) is 2. The van der Waals surface area contributed by atoms with E-state index < -0.39 is 10.0 Å².